The standard InChI is InChI=1S/C13H14N2O4/c1-18-8-4-7-11-14-15-12(19-11)9-5-2-3-6-10(9)13(16)17/h2-3,5-6H,4,7-8H2,1H3,(H,16,17). The molecule has 0 fully saturated rings. The van der Waals surface area contributed by atoms with E-state index in [-0.39, 0.29) is 11.5 Å². The Morgan fingerprint density at radius 3 is 2.89 bits per heavy atom. The minimum atomic E-state index is -1.02. The number of nitrogens with zero attached hydrogens (tertiary/aromatic N) is 2. The van der Waals surface area contributed by atoms with Crippen molar-refractivity contribution in [2.24, 2.45) is 0 Å². The van der Waals surface area contributed by atoms with Gasteiger partial charge in [-0.15, -0.1) is 10.2 Å². The lowest BCUT2D eigenvalue weighted by atomic mass is 10.1. The normalized spacial score (nSPS) is 10.6. The first-order valence-electron chi connectivity index (χ1n) is 5.86. The summed E-state index contributed by atoms with van der Waals surface area (Å²) in [6.07, 6.45) is 1.38. The van der Waals surface area contributed by atoms with Crippen LogP contribution in [0.3, 0.4) is 0 Å². The minimum Gasteiger partial charge on any atom is -0.478 e. The maximum absolute atomic E-state index is 11.1. The molecule has 0 amide bonds. The third-order valence-electron chi connectivity index (χ3n) is 2.59. The highest BCUT2D eigenvalue weighted by molar-refractivity contribution is 5.94. The Morgan fingerprint density at radius 1 is 1.37 bits per heavy atom. The summed E-state index contributed by atoms with van der Waals surface area (Å²) in [4.78, 5) is 11.1. The third-order valence-corrected chi connectivity index (χ3v) is 2.59. The number of ether oxygens (including phenoxy) is 1. The largest absolute Gasteiger partial charge is 0.478 e. The second-order valence-corrected chi connectivity index (χ2v) is 3.95. The molecule has 0 aliphatic heterocycles. The summed E-state index contributed by atoms with van der Waals surface area (Å²) in [5, 5.41) is 16.9. The van der Waals surface area contributed by atoms with Crippen LogP contribution in [0, 0.1) is 0 Å². The topological polar surface area (TPSA) is 85.5 Å². The van der Waals surface area contributed by atoms with Gasteiger partial charge in [0.2, 0.25) is 11.8 Å². The minimum absolute atomic E-state index is 0.148. The number of aromatic nitrogens is 2. The van der Waals surface area contributed by atoms with Crippen molar-refractivity contribution >= 4 is 5.97 Å². The molecule has 1 aromatic heterocycles. The molecular formula is C13H14N2O4. The first-order valence-corrected chi connectivity index (χ1v) is 5.86. The summed E-state index contributed by atoms with van der Waals surface area (Å²) in [7, 11) is 1.63. The quantitative estimate of drug-likeness (QED) is 0.801. The summed E-state index contributed by atoms with van der Waals surface area (Å²) >= 11 is 0. The van der Waals surface area contributed by atoms with Crippen LogP contribution >= 0.6 is 0 Å². The van der Waals surface area contributed by atoms with E-state index >= 15 is 0 Å². The average molecular weight is 262 g/mol. The fraction of sp³-hybridized carbons (Fsp3) is 0.308. The molecule has 0 saturated heterocycles. The highest BCUT2D eigenvalue weighted by atomic mass is 16.5. The number of methoxy groups -OCH3 is 1. The molecule has 0 unspecified atom stereocenters. The van der Waals surface area contributed by atoms with Gasteiger partial charge in [0.05, 0.1) is 11.1 Å². The number of benzene rings is 1. The molecule has 6 heteroatoms. The number of carboxylic acids is 1. The van der Waals surface area contributed by atoms with Crippen molar-refractivity contribution in [1.29, 1.82) is 0 Å². The highest BCUT2D eigenvalue weighted by Gasteiger charge is 2.16. The van der Waals surface area contributed by atoms with E-state index in [1.54, 1.807) is 25.3 Å². The summed E-state index contributed by atoms with van der Waals surface area (Å²) in [6.45, 7) is 0.615. The van der Waals surface area contributed by atoms with Crippen molar-refractivity contribution in [3.63, 3.8) is 0 Å². The lowest BCUT2D eigenvalue weighted by Gasteiger charge is -2.00. The molecule has 100 valence electrons. The summed E-state index contributed by atoms with van der Waals surface area (Å²) in [6, 6.07) is 6.54. The van der Waals surface area contributed by atoms with Crippen molar-refractivity contribution in [2.75, 3.05) is 13.7 Å². The van der Waals surface area contributed by atoms with Crippen LogP contribution in [0.2, 0.25) is 0 Å². The summed E-state index contributed by atoms with van der Waals surface area (Å²) in [5.74, 6) is -0.313. The number of rotatable bonds is 6. The van der Waals surface area contributed by atoms with Gasteiger partial charge < -0.3 is 14.3 Å². The number of aryl methyl sites for hydroxylation is 1. The molecule has 0 atom stereocenters. The van der Waals surface area contributed by atoms with E-state index in [2.05, 4.69) is 10.2 Å². The molecule has 1 heterocycles. The predicted molar refractivity (Wildman–Crippen MR) is 66.9 cm³/mol. The zero-order valence-corrected chi connectivity index (χ0v) is 10.5. The van der Waals surface area contributed by atoms with Crippen molar-refractivity contribution in [1.82, 2.24) is 10.2 Å². The lowest BCUT2D eigenvalue weighted by Crippen LogP contribution is -1.99. The monoisotopic (exact) mass is 262 g/mol. The zero-order chi connectivity index (χ0) is 13.7. The van der Waals surface area contributed by atoms with Crippen molar-refractivity contribution in [3.05, 3.63) is 35.7 Å². The Kier molecular flexibility index (Phi) is 4.25. The first kappa shape index (κ1) is 13.2. The Morgan fingerprint density at radius 2 is 2.16 bits per heavy atom. The molecule has 2 rings (SSSR count). The van der Waals surface area contributed by atoms with Gasteiger partial charge in [-0.25, -0.2) is 4.79 Å². The van der Waals surface area contributed by atoms with Crippen molar-refractivity contribution in [3.8, 4) is 11.5 Å². The number of carbonyl (C=O) groups is 1. The second-order valence-electron chi connectivity index (χ2n) is 3.95. The number of hydrogen-bond acceptors (Lipinski definition) is 5. The van der Waals surface area contributed by atoms with Crippen LogP contribution in [-0.2, 0) is 11.2 Å². The van der Waals surface area contributed by atoms with Gasteiger partial charge in [0.15, 0.2) is 0 Å². The van der Waals surface area contributed by atoms with Crippen LogP contribution in [0.25, 0.3) is 11.5 Å². The maximum atomic E-state index is 11.1. The van der Waals surface area contributed by atoms with Gasteiger partial charge in [-0.3, -0.25) is 0 Å². The van der Waals surface area contributed by atoms with Gasteiger partial charge >= 0.3 is 5.97 Å². The van der Waals surface area contributed by atoms with Gasteiger partial charge in [-0.2, -0.15) is 0 Å². The molecular weight excluding hydrogens is 248 g/mol. The van der Waals surface area contributed by atoms with Gasteiger partial charge in [-0.1, -0.05) is 12.1 Å². The fourth-order valence-corrected chi connectivity index (χ4v) is 1.69. The Balaban J connectivity index is 2.21. The van der Waals surface area contributed by atoms with E-state index in [0.717, 1.165) is 6.42 Å². The third kappa shape index (κ3) is 3.17. The molecule has 0 radical (unpaired) electrons. The summed E-state index contributed by atoms with van der Waals surface area (Å²) in [5.41, 5.74) is 0.579. The molecule has 0 aliphatic rings. The van der Waals surface area contributed by atoms with E-state index in [9.17, 15) is 4.79 Å². The van der Waals surface area contributed by atoms with Crippen LogP contribution in [-0.4, -0.2) is 35.0 Å². The summed E-state index contributed by atoms with van der Waals surface area (Å²) < 4.78 is 10.4. The van der Waals surface area contributed by atoms with Crippen LogP contribution in [0.5, 0.6) is 0 Å². The van der Waals surface area contributed by atoms with E-state index in [1.165, 1.54) is 6.07 Å². The number of carboxylic acid groups (broad SMARTS) is 1. The van der Waals surface area contributed by atoms with Crippen molar-refractivity contribution in [2.45, 2.75) is 12.8 Å². The molecule has 0 saturated carbocycles. The van der Waals surface area contributed by atoms with E-state index in [1.807, 2.05) is 0 Å². The maximum Gasteiger partial charge on any atom is 0.336 e. The van der Waals surface area contributed by atoms with Crippen molar-refractivity contribution < 1.29 is 19.1 Å². The van der Waals surface area contributed by atoms with Gasteiger partial charge in [0.25, 0.3) is 0 Å². The molecule has 1 N–H and O–H groups in total. The number of aromatic carboxylic acids is 1. The van der Waals surface area contributed by atoms with Crippen LogP contribution < -0.4 is 0 Å². The lowest BCUT2D eigenvalue weighted by molar-refractivity contribution is 0.0697. The second kappa shape index (κ2) is 6.10. The molecule has 6 nitrogen and oxygen atoms in total. The smallest absolute Gasteiger partial charge is 0.336 e. The van der Waals surface area contributed by atoms with Crippen LogP contribution in [0.1, 0.15) is 22.7 Å². The van der Waals surface area contributed by atoms with Gasteiger partial charge in [-0.05, 0) is 18.6 Å². The molecule has 0 aliphatic carbocycles. The fourth-order valence-electron chi connectivity index (χ4n) is 1.69. The Hall–Kier alpha value is -2.21. The zero-order valence-electron chi connectivity index (χ0n) is 10.5. The predicted octanol–water partition coefficient (Wildman–Crippen LogP) is 2.01. The molecule has 0 bridgehead atoms. The molecule has 2 aromatic rings. The average Bonchev–Trinajstić information content (AvgIpc) is 2.88. The first-order chi connectivity index (χ1) is 9.22. The van der Waals surface area contributed by atoms with Crippen LogP contribution in [0.4, 0.5) is 0 Å². The molecule has 0 spiro atoms. The SMILES string of the molecule is COCCCc1nnc(-c2ccccc2C(=O)O)o1. The Bertz CT molecular complexity index is 565. The van der Waals surface area contributed by atoms with Gasteiger partial charge in [0, 0.05) is 20.1 Å². The van der Waals surface area contributed by atoms with E-state index in [4.69, 9.17) is 14.3 Å². The van der Waals surface area contributed by atoms with Crippen LogP contribution in [0.15, 0.2) is 28.7 Å². The molecule has 1 aromatic carbocycles. The highest BCUT2D eigenvalue weighted by Crippen LogP contribution is 2.22. The molecule has 19 heavy (non-hydrogen) atoms. The van der Waals surface area contributed by atoms with Gasteiger partial charge in [0.1, 0.15) is 0 Å². The Labute approximate surface area is 110 Å². The van der Waals surface area contributed by atoms with E-state index in [0.29, 0.717) is 24.5 Å². The van der Waals surface area contributed by atoms with E-state index < -0.39 is 5.97 Å². The number of hydrogen-bond donors (Lipinski definition) is 1.